The van der Waals surface area contributed by atoms with Crippen molar-refractivity contribution < 1.29 is 38.9 Å². The minimum atomic E-state index is -1.00. The van der Waals surface area contributed by atoms with E-state index in [2.05, 4.69) is 59.1 Å². The van der Waals surface area contributed by atoms with Crippen molar-refractivity contribution in [1.29, 1.82) is 0 Å². The molecule has 0 aliphatic heterocycles. The van der Waals surface area contributed by atoms with Crippen LogP contribution in [0.5, 0.6) is 0 Å². The van der Waals surface area contributed by atoms with E-state index in [-0.39, 0.29) is 77.3 Å². The summed E-state index contributed by atoms with van der Waals surface area (Å²) in [7, 11) is 0. The summed E-state index contributed by atoms with van der Waals surface area (Å²) in [5.74, 6) is -2.01. The van der Waals surface area contributed by atoms with Gasteiger partial charge in [-0.15, -0.1) is 0 Å². The first-order chi connectivity index (χ1) is 28.9. The Morgan fingerprint density at radius 1 is 0.871 bits per heavy atom. The number of rotatable bonds is 12. The molecule has 0 aromatic heterocycles. The summed E-state index contributed by atoms with van der Waals surface area (Å²) in [5, 5.41) is 28.3. The van der Waals surface area contributed by atoms with Gasteiger partial charge in [-0.1, -0.05) is 79.5 Å². The predicted octanol–water partition coefficient (Wildman–Crippen LogP) is 7.90. The Hall–Kier alpha value is -3.28. The zero-order chi connectivity index (χ0) is 45.5. The van der Waals surface area contributed by atoms with Gasteiger partial charge in [0.1, 0.15) is 12.1 Å². The highest BCUT2D eigenvalue weighted by molar-refractivity contribution is 6.30. The summed E-state index contributed by atoms with van der Waals surface area (Å²) in [6.07, 6.45) is 6.63. The Morgan fingerprint density at radius 3 is 2.16 bits per heavy atom. The number of carboxylic acid groups (broad SMARTS) is 1. The summed E-state index contributed by atoms with van der Waals surface area (Å²) in [6.45, 7) is 20.0. The van der Waals surface area contributed by atoms with E-state index in [9.17, 15) is 34.2 Å². The van der Waals surface area contributed by atoms with Gasteiger partial charge in [-0.05, 0) is 146 Å². The van der Waals surface area contributed by atoms with E-state index in [4.69, 9.17) is 22.1 Å². The average molecular weight is 879 g/mol. The number of ether oxygens (including phenoxy) is 1. The van der Waals surface area contributed by atoms with Crippen molar-refractivity contribution in [3.63, 3.8) is 0 Å². The Balaban J connectivity index is 1.10. The molecule has 342 valence electrons. The minimum Gasteiger partial charge on any atom is -0.481 e. The van der Waals surface area contributed by atoms with Crippen LogP contribution >= 0.6 is 11.6 Å². The molecule has 0 spiro atoms. The first-order valence-corrected chi connectivity index (χ1v) is 23.7. The zero-order valence-corrected chi connectivity index (χ0v) is 39.3. The molecule has 0 saturated heterocycles. The molecule has 6 aliphatic carbocycles. The van der Waals surface area contributed by atoms with Gasteiger partial charge in [0, 0.05) is 34.4 Å². The maximum atomic E-state index is 14.2. The lowest BCUT2D eigenvalue weighted by molar-refractivity contribution is -0.238. The smallest absolute Gasteiger partial charge is 0.309 e. The highest BCUT2D eigenvalue weighted by atomic mass is 35.5. The number of allylic oxidation sites excluding steroid dienone is 1. The third-order valence-corrected chi connectivity index (χ3v) is 19.1. The van der Waals surface area contributed by atoms with Crippen LogP contribution in [0.3, 0.4) is 0 Å². The van der Waals surface area contributed by atoms with Crippen LogP contribution in [0.15, 0.2) is 35.4 Å². The van der Waals surface area contributed by atoms with Crippen LogP contribution < -0.4 is 16.4 Å². The Bertz CT molecular complexity index is 2010. The van der Waals surface area contributed by atoms with E-state index in [1.54, 1.807) is 24.3 Å². The van der Waals surface area contributed by atoms with Crippen molar-refractivity contribution in [2.45, 2.75) is 151 Å². The second kappa shape index (κ2) is 16.3. The predicted molar refractivity (Wildman–Crippen MR) is 238 cm³/mol. The van der Waals surface area contributed by atoms with Gasteiger partial charge >= 0.3 is 11.9 Å². The molecule has 1 aromatic rings. The number of carbonyl (C=O) groups excluding carboxylic acids is 4. The van der Waals surface area contributed by atoms with Crippen molar-refractivity contribution in [2.75, 3.05) is 13.1 Å². The molecule has 5 saturated carbocycles. The van der Waals surface area contributed by atoms with Crippen molar-refractivity contribution >= 4 is 41.1 Å². The van der Waals surface area contributed by atoms with Crippen LogP contribution in [-0.2, 0) is 23.9 Å². The summed E-state index contributed by atoms with van der Waals surface area (Å²) in [6, 6.07) is 5.50. The van der Waals surface area contributed by atoms with Gasteiger partial charge in [-0.2, -0.15) is 0 Å². The van der Waals surface area contributed by atoms with E-state index in [1.165, 1.54) is 0 Å². The lowest BCUT2D eigenvalue weighted by atomic mass is 9.33. The van der Waals surface area contributed by atoms with Gasteiger partial charge in [0.05, 0.1) is 17.9 Å². The number of carboxylic acids is 1. The van der Waals surface area contributed by atoms with Gasteiger partial charge < -0.3 is 31.3 Å². The second-order valence-corrected chi connectivity index (χ2v) is 22.9. The summed E-state index contributed by atoms with van der Waals surface area (Å²) in [4.78, 5) is 66.4. The number of amides is 2. The number of nitrogens with two attached hydrogens (primary N) is 1. The largest absolute Gasteiger partial charge is 0.481 e. The molecule has 6 N–H and O–H groups in total. The second-order valence-electron chi connectivity index (χ2n) is 22.5. The first-order valence-electron chi connectivity index (χ1n) is 23.3. The fraction of sp³-hybridized carbons (Fsp3) is 0.740. The van der Waals surface area contributed by atoms with Crippen LogP contribution in [0, 0.1) is 68.0 Å². The molecule has 2 amide bonds. The average Bonchev–Trinajstić information content (AvgIpc) is 3.50. The molecule has 62 heavy (non-hydrogen) atoms. The van der Waals surface area contributed by atoms with Crippen LogP contribution in [0.25, 0.3) is 0 Å². The van der Waals surface area contributed by atoms with Gasteiger partial charge in [-0.3, -0.25) is 24.0 Å². The zero-order valence-electron chi connectivity index (χ0n) is 38.5. The number of halogens is 1. The van der Waals surface area contributed by atoms with E-state index in [1.807, 2.05) is 13.8 Å². The molecule has 11 nitrogen and oxygen atoms in total. The Morgan fingerprint density at radius 2 is 1.55 bits per heavy atom. The number of aliphatic hydroxyl groups excluding tert-OH is 1. The van der Waals surface area contributed by atoms with Crippen LogP contribution in [0.4, 0.5) is 0 Å². The van der Waals surface area contributed by atoms with Crippen LogP contribution in [-0.4, -0.2) is 71.1 Å². The number of benzene rings is 1. The van der Waals surface area contributed by atoms with E-state index in [0.29, 0.717) is 35.3 Å². The molecule has 5 fully saturated rings. The van der Waals surface area contributed by atoms with Gasteiger partial charge in [-0.25, -0.2) is 0 Å². The summed E-state index contributed by atoms with van der Waals surface area (Å²) >= 11 is 6.01. The first kappa shape index (κ1) is 46.7. The number of aliphatic hydroxyl groups is 1. The summed E-state index contributed by atoms with van der Waals surface area (Å²) in [5.41, 5.74) is 6.32. The standard InChI is InChI=1S/C50H72ClN3O8/c1-27(2)39-34(55)25-50(37(56)26-53-42(58)33(18-23-52)54-41(57)28-10-12-29(51)13-11-28)22-21-48(8)30(40(39)50)14-15-36-47(7)19-17-38(46(5,6)35(47)16-20-49(36,48)9)62-44(61)32-24-31(43(59)60)45(32,3)4/h10-13,27,30-33,35-38,56H,14-26,52H2,1-9H3,(H,53,58)(H,54,57)(H,59,60)/t30-,31+,32-,33?,35+,36-,37+,38+,47+,48-,49-,50+/m1/s1. The molecule has 0 radical (unpaired) electrons. The van der Waals surface area contributed by atoms with Gasteiger partial charge in [0.15, 0.2) is 5.78 Å². The molecular weight excluding hydrogens is 806 g/mol. The van der Waals surface area contributed by atoms with Crippen molar-refractivity contribution in [2.24, 2.45) is 73.7 Å². The fourth-order valence-corrected chi connectivity index (χ4v) is 15.2. The SMILES string of the molecule is CC(C)C1=C2[C@H]3CC[C@@H]4[C@@]5(C)CC[C@H](OC(=O)[C@H]6C[C@@H](C(=O)O)C6(C)C)C(C)(C)[C@@H]5CC[C@@]4(C)[C@]3(C)CC[C@@]2([C@@H](O)CNC(=O)C(CCN)NC(=O)c2ccc(Cl)cc2)CC1=O. The monoisotopic (exact) mass is 878 g/mol. The Labute approximate surface area is 373 Å². The molecular formula is C50H72ClN3O8. The topological polar surface area (TPSA) is 185 Å². The summed E-state index contributed by atoms with van der Waals surface area (Å²) < 4.78 is 6.41. The third kappa shape index (κ3) is 7.17. The molecule has 0 heterocycles. The number of hydrogen-bond acceptors (Lipinski definition) is 8. The number of fused-ring (bicyclic) bond motifs is 7. The molecule has 12 atom stereocenters. The van der Waals surface area contributed by atoms with Crippen molar-refractivity contribution in [3.05, 3.63) is 46.0 Å². The molecule has 7 rings (SSSR count). The maximum absolute atomic E-state index is 14.2. The van der Waals surface area contributed by atoms with Crippen LogP contribution in [0.1, 0.15) is 143 Å². The van der Waals surface area contributed by atoms with E-state index >= 15 is 0 Å². The molecule has 1 unspecified atom stereocenters. The van der Waals surface area contributed by atoms with Crippen LogP contribution in [0.2, 0.25) is 5.02 Å². The number of Topliss-reactive ketones (excluding diaryl/α,β-unsaturated/α-hetero) is 1. The lowest BCUT2D eigenvalue weighted by Gasteiger charge is -2.72. The maximum Gasteiger partial charge on any atom is 0.309 e. The van der Waals surface area contributed by atoms with Crippen molar-refractivity contribution in [3.8, 4) is 0 Å². The van der Waals surface area contributed by atoms with E-state index < -0.39 is 52.6 Å². The van der Waals surface area contributed by atoms with E-state index in [0.717, 1.165) is 56.1 Å². The fourth-order valence-electron chi connectivity index (χ4n) is 15.0. The van der Waals surface area contributed by atoms with Crippen molar-refractivity contribution in [1.82, 2.24) is 10.6 Å². The number of ketones is 1. The minimum absolute atomic E-state index is 0.000334. The Kier molecular flexibility index (Phi) is 12.3. The highest BCUT2D eigenvalue weighted by Crippen LogP contribution is 2.77. The highest BCUT2D eigenvalue weighted by Gasteiger charge is 2.71. The third-order valence-electron chi connectivity index (χ3n) is 18.8. The molecule has 6 aliphatic rings. The number of esters is 1. The number of carbonyl (C=O) groups is 5. The number of aliphatic carboxylic acids is 1. The van der Waals surface area contributed by atoms with Gasteiger partial charge in [0.2, 0.25) is 5.91 Å². The lowest BCUT2D eigenvalue weighted by Crippen LogP contribution is -2.66. The normalized spacial score (nSPS) is 37.7. The quantitative estimate of drug-likeness (QED) is 0.130. The van der Waals surface area contributed by atoms with Gasteiger partial charge in [0.25, 0.3) is 5.91 Å². The number of nitrogens with one attached hydrogen (secondary N) is 2. The molecule has 12 heteroatoms. The molecule has 0 bridgehead atoms. The number of hydrogen-bond donors (Lipinski definition) is 5. The molecule has 1 aromatic carbocycles.